The number of nitrogens with two attached hydrogens (primary N) is 1. The van der Waals surface area contributed by atoms with Crippen LogP contribution in [0.4, 0.5) is 6.01 Å². The number of fused-ring (bicyclic) bond motifs is 2. The number of pyridine rings is 1. The third kappa shape index (κ3) is 3.97. The molecule has 35 heavy (non-hydrogen) atoms. The molecule has 14 heteroatoms. The van der Waals surface area contributed by atoms with Gasteiger partial charge in [-0.1, -0.05) is 5.16 Å². The third-order valence-corrected chi connectivity index (χ3v) is 6.86. The van der Waals surface area contributed by atoms with E-state index in [1.54, 1.807) is 18.5 Å². The maximum absolute atomic E-state index is 13.0. The molecular weight excluding hydrogens is 480 g/mol. The molecule has 3 aromatic heterocycles. The van der Waals surface area contributed by atoms with Crippen LogP contribution in [-0.4, -0.2) is 62.8 Å². The monoisotopic (exact) mass is 499 g/mol. The molecular formula is C21H19N6O7S+. The van der Waals surface area contributed by atoms with Crippen molar-refractivity contribution in [3.8, 4) is 0 Å². The van der Waals surface area contributed by atoms with Crippen molar-refractivity contribution in [3.05, 3.63) is 54.0 Å². The van der Waals surface area contributed by atoms with E-state index in [4.69, 9.17) is 19.4 Å². The number of nitrogen functional groups attached to an aromatic ring is 1. The number of thioether (sulfide) groups is 1. The van der Waals surface area contributed by atoms with Gasteiger partial charge in [0.05, 0.1) is 11.6 Å². The molecule has 1 fully saturated rings. The Morgan fingerprint density at radius 2 is 2.26 bits per heavy atom. The number of carboxylic acid groups (broad SMARTS) is 1. The van der Waals surface area contributed by atoms with Gasteiger partial charge in [-0.15, -0.1) is 11.8 Å². The van der Waals surface area contributed by atoms with Crippen molar-refractivity contribution in [2.24, 2.45) is 5.16 Å². The number of nitrogens with one attached hydrogen (secondary N) is 1. The molecule has 5 rings (SSSR count). The Bertz CT molecular complexity index is 1410. The number of hydrogen-bond donors (Lipinski definition) is 3. The molecule has 0 aliphatic carbocycles. The van der Waals surface area contributed by atoms with Gasteiger partial charge in [0.1, 0.15) is 41.8 Å². The lowest BCUT2D eigenvalue weighted by molar-refractivity contribution is -0.687. The van der Waals surface area contributed by atoms with E-state index >= 15 is 0 Å². The fourth-order valence-electron chi connectivity index (χ4n) is 3.98. The predicted octanol–water partition coefficient (Wildman–Crippen LogP) is 0.0798. The standard InChI is InChI=1S/C21H18N6O7S/c1-32-25-14(12-8-34-21(22)23-12)17(28)24-15-18(29)27-16(20(30)31)11(9-35-19(15)27)7-26-4-2-13-10(6-26)3-5-33-13/h2-6,8,15,19H,7,9H2,1H3,(H3-,22,23,24,28,30,31)/p+1/t15?,19-/m0/s1. The second kappa shape index (κ2) is 8.79. The Morgan fingerprint density at radius 1 is 1.43 bits per heavy atom. The minimum atomic E-state index is -1.21. The normalized spacial score (nSPS) is 20.0. The molecule has 3 aromatic rings. The van der Waals surface area contributed by atoms with Crippen molar-refractivity contribution in [2.45, 2.75) is 18.0 Å². The van der Waals surface area contributed by atoms with E-state index in [-0.39, 0.29) is 29.7 Å². The molecule has 1 saturated heterocycles. The van der Waals surface area contributed by atoms with Crippen molar-refractivity contribution < 1.29 is 37.7 Å². The first-order chi connectivity index (χ1) is 16.9. The van der Waals surface area contributed by atoms with E-state index in [1.807, 2.05) is 16.8 Å². The lowest BCUT2D eigenvalue weighted by atomic mass is 10.0. The minimum Gasteiger partial charge on any atom is -0.477 e. The van der Waals surface area contributed by atoms with Gasteiger partial charge in [-0.05, 0) is 6.07 Å². The summed E-state index contributed by atoms with van der Waals surface area (Å²) in [6.07, 6.45) is 6.33. The maximum atomic E-state index is 13.0. The average molecular weight is 499 g/mol. The SMILES string of the molecule is CON=C(C(=O)NC1C(=O)N2C(C(=O)O)=C(C[n+]3ccc4occc4c3)CS[C@@H]12)c1coc(N)n1. The van der Waals surface area contributed by atoms with Crippen LogP contribution in [0.2, 0.25) is 0 Å². The number of anilines is 1. The van der Waals surface area contributed by atoms with Crippen LogP contribution in [0.25, 0.3) is 11.0 Å². The van der Waals surface area contributed by atoms with Gasteiger partial charge in [0.2, 0.25) is 0 Å². The number of carbonyl (C=O) groups is 3. The summed E-state index contributed by atoms with van der Waals surface area (Å²) >= 11 is 1.36. The number of β-lactam (4-membered cyclic amide) rings is 1. The number of oxime groups is 1. The molecule has 1 unspecified atom stereocenters. The van der Waals surface area contributed by atoms with Gasteiger partial charge in [0, 0.05) is 17.4 Å². The molecule has 0 radical (unpaired) electrons. The summed E-state index contributed by atoms with van der Waals surface area (Å²) in [6, 6.07) is 2.48. The lowest BCUT2D eigenvalue weighted by Gasteiger charge is -2.49. The van der Waals surface area contributed by atoms with Gasteiger partial charge in [0.15, 0.2) is 24.7 Å². The topological polar surface area (TPSA) is 177 Å². The third-order valence-electron chi connectivity index (χ3n) is 5.52. The highest BCUT2D eigenvalue weighted by atomic mass is 32.2. The summed E-state index contributed by atoms with van der Waals surface area (Å²) in [4.78, 5) is 47.7. The van der Waals surface area contributed by atoms with E-state index in [9.17, 15) is 19.5 Å². The second-order valence-electron chi connectivity index (χ2n) is 7.67. The smallest absolute Gasteiger partial charge is 0.352 e. The van der Waals surface area contributed by atoms with E-state index < -0.39 is 29.2 Å². The van der Waals surface area contributed by atoms with Gasteiger partial charge in [-0.25, -0.2) is 9.36 Å². The van der Waals surface area contributed by atoms with Crippen molar-refractivity contribution in [2.75, 3.05) is 18.6 Å². The Balaban J connectivity index is 1.36. The molecule has 2 atom stereocenters. The first-order valence-electron chi connectivity index (χ1n) is 10.3. The van der Waals surface area contributed by atoms with E-state index in [0.29, 0.717) is 16.9 Å². The predicted molar refractivity (Wildman–Crippen MR) is 121 cm³/mol. The summed E-state index contributed by atoms with van der Waals surface area (Å²) in [7, 11) is 1.25. The molecule has 0 saturated carbocycles. The van der Waals surface area contributed by atoms with E-state index in [2.05, 4.69) is 15.5 Å². The average Bonchev–Trinajstić information content (AvgIpc) is 3.48. The molecule has 13 nitrogen and oxygen atoms in total. The highest BCUT2D eigenvalue weighted by Gasteiger charge is 2.54. The van der Waals surface area contributed by atoms with Crippen molar-refractivity contribution in [1.82, 2.24) is 15.2 Å². The number of aromatic nitrogens is 2. The summed E-state index contributed by atoms with van der Waals surface area (Å²) < 4.78 is 12.1. The van der Waals surface area contributed by atoms with Crippen LogP contribution in [-0.2, 0) is 25.8 Å². The number of oxazole rings is 1. The second-order valence-corrected chi connectivity index (χ2v) is 8.77. The maximum Gasteiger partial charge on any atom is 0.352 e. The van der Waals surface area contributed by atoms with Crippen LogP contribution in [0.15, 0.2) is 62.3 Å². The van der Waals surface area contributed by atoms with Gasteiger partial charge in [0.25, 0.3) is 17.8 Å². The Labute approximate surface area is 201 Å². The van der Waals surface area contributed by atoms with Crippen LogP contribution >= 0.6 is 11.8 Å². The summed E-state index contributed by atoms with van der Waals surface area (Å²) in [5, 5.41) is 16.4. The van der Waals surface area contributed by atoms with Crippen LogP contribution in [0.3, 0.4) is 0 Å². The van der Waals surface area contributed by atoms with Gasteiger partial charge >= 0.3 is 5.97 Å². The number of rotatable bonds is 7. The molecule has 2 amide bonds. The molecule has 180 valence electrons. The quantitative estimate of drug-likeness (QED) is 0.175. The summed E-state index contributed by atoms with van der Waals surface area (Å²) in [6.45, 7) is 0.279. The molecule has 5 heterocycles. The Morgan fingerprint density at radius 3 is 2.97 bits per heavy atom. The number of furan rings is 1. The molecule has 4 N–H and O–H groups in total. The molecule has 0 bridgehead atoms. The molecule has 0 aromatic carbocycles. The number of aliphatic carboxylic acids is 1. The number of amides is 2. The molecule has 2 aliphatic heterocycles. The Hall–Kier alpha value is -4.33. The highest BCUT2D eigenvalue weighted by Crippen LogP contribution is 2.40. The first-order valence-corrected chi connectivity index (χ1v) is 11.3. The van der Waals surface area contributed by atoms with Crippen molar-refractivity contribution in [3.63, 3.8) is 0 Å². The number of carboxylic acids is 1. The highest BCUT2D eigenvalue weighted by molar-refractivity contribution is 8.00. The zero-order valence-corrected chi connectivity index (χ0v) is 19.0. The summed E-state index contributed by atoms with van der Waals surface area (Å²) in [5.41, 5.74) is 6.46. The number of nitrogens with zero attached hydrogens (tertiary/aromatic N) is 4. The Kier molecular flexibility index (Phi) is 5.64. The van der Waals surface area contributed by atoms with Crippen LogP contribution in [0.1, 0.15) is 5.69 Å². The number of carbonyl (C=O) groups excluding carboxylic acids is 2. The molecule has 0 spiro atoms. The van der Waals surface area contributed by atoms with Crippen LogP contribution < -0.4 is 15.6 Å². The number of hydrogen-bond acceptors (Lipinski definition) is 10. The lowest BCUT2D eigenvalue weighted by Crippen LogP contribution is -2.71. The first kappa shape index (κ1) is 22.5. The minimum absolute atomic E-state index is 0.0294. The van der Waals surface area contributed by atoms with Crippen LogP contribution in [0, 0.1) is 0 Å². The zero-order chi connectivity index (χ0) is 24.7. The fraction of sp³-hybridized carbons (Fsp3) is 0.238. The van der Waals surface area contributed by atoms with Crippen molar-refractivity contribution >= 4 is 52.2 Å². The van der Waals surface area contributed by atoms with Gasteiger partial charge in [-0.3, -0.25) is 14.5 Å². The largest absolute Gasteiger partial charge is 0.477 e. The molecule has 2 aliphatic rings. The van der Waals surface area contributed by atoms with E-state index in [1.165, 1.54) is 23.8 Å². The van der Waals surface area contributed by atoms with Gasteiger partial charge < -0.3 is 29.8 Å². The van der Waals surface area contributed by atoms with Gasteiger partial charge in [-0.2, -0.15) is 4.98 Å². The van der Waals surface area contributed by atoms with E-state index in [0.717, 1.165) is 11.6 Å². The zero-order valence-electron chi connectivity index (χ0n) is 18.2. The fourth-order valence-corrected chi connectivity index (χ4v) is 5.32. The van der Waals surface area contributed by atoms with Crippen molar-refractivity contribution in [1.29, 1.82) is 0 Å². The summed E-state index contributed by atoms with van der Waals surface area (Å²) in [5.74, 6) is -2.14. The van der Waals surface area contributed by atoms with Crippen LogP contribution in [0.5, 0.6) is 0 Å².